The van der Waals surface area contributed by atoms with Crippen LogP contribution in [-0.4, -0.2) is 28.1 Å². The second kappa shape index (κ2) is 9.02. The fourth-order valence-corrected chi connectivity index (χ4v) is 5.73. The molecule has 0 fully saturated rings. The molecule has 2 heterocycles. The van der Waals surface area contributed by atoms with E-state index in [9.17, 15) is 19.1 Å². The standard InChI is InChI=1S/C26H19ClF2N2O3S/c1-14-25(35-16-5-2-4-15(12-16)26(33)34)18-8-9-19(27)23(29)24(18)31(14)13-22(32)30-11-10-17-20(28)6-3-7-21(17)30/h2-9,12H,10-11,13H2,1H3,(H,33,34). The van der Waals surface area contributed by atoms with Gasteiger partial charge in [0.1, 0.15) is 12.4 Å². The molecule has 1 aliphatic rings. The lowest BCUT2D eigenvalue weighted by atomic mass is 10.1. The van der Waals surface area contributed by atoms with Crippen molar-refractivity contribution in [3.8, 4) is 0 Å². The topological polar surface area (TPSA) is 62.5 Å². The van der Waals surface area contributed by atoms with Crippen LogP contribution in [0.4, 0.5) is 14.5 Å². The number of aromatic carboxylic acids is 1. The van der Waals surface area contributed by atoms with Crippen molar-refractivity contribution in [2.24, 2.45) is 0 Å². The van der Waals surface area contributed by atoms with Crippen molar-refractivity contribution in [2.45, 2.75) is 29.7 Å². The number of carbonyl (C=O) groups excluding carboxylic acids is 1. The predicted octanol–water partition coefficient (Wildman–Crippen LogP) is 6.32. The number of anilines is 1. The number of hydrogen-bond acceptors (Lipinski definition) is 3. The zero-order valence-electron chi connectivity index (χ0n) is 18.5. The van der Waals surface area contributed by atoms with Crippen LogP contribution in [0.25, 0.3) is 10.9 Å². The number of benzene rings is 3. The molecule has 1 aliphatic heterocycles. The van der Waals surface area contributed by atoms with Crippen LogP contribution in [-0.2, 0) is 17.8 Å². The average molecular weight is 513 g/mol. The van der Waals surface area contributed by atoms with E-state index < -0.39 is 11.8 Å². The summed E-state index contributed by atoms with van der Waals surface area (Å²) in [6.45, 7) is 1.97. The van der Waals surface area contributed by atoms with E-state index in [2.05, 4.69) is 0 Å². The number of halogens is 3. The first-order valence-corrected chi connectivity index (χ1v) is 12.0. The third-order valence-corrected chi connectivity index (χ3v) is 7.68. The zero-order valence-corrected chi connectivity index (χ0v) is 20.1. The molecule has 5 rings (SSSR count). The normalized spacial score (nSPS) is 12.9. The van der Waals surface area contributed by atoms with E-state index in [-0.39, 0.29) is 34.4 Å². The van der Waals surface area contributed by atoms with Crippen LogP contribution in [0, 0.1) is 18.6 Å². The van der Waals surface area contributed by atoms with E-state index in [0.29, 0.717) is 45.1 Å². The van der Waals surface area contributed by atoms with E-state index in [4.69, 9.17) is 11.6 Å². The van der Waals surface area contributed by atoms with Gasteiger partial charge in [0, 0.05) is 38.7 Å². The van der Waals surface area contributed by atoms with Crippen molar-refractivity contribution in [2.75, 3.05) is 11.4 Å². The lowest BCUT2D eigenvalue weighted by molar-refractivity contribution is -0.119. The number of aromatic nitrogens is 1. The summed E-state index contributed by atoms with van der Waals surface area (Å²) in [5.41, 5.74) is 2.00. The highest BCUT2D eigenvalue weighted by atomic mass is 35.5. The molecule has 35 heavy (non-hydrogen) atoms. The summed E-state index contributed by atoms with van der Waals surface area (Å²) >= 11 is 7.38. The summed E-state index contributed by atoms with van der Waals surface area (Å²) < 4.78 is 31.0. The average Bonchev–Trinajstić information content (AvgIpc) is 3.38. The highest BCUT2D eigenvalue weighted by Gasteiger charge is 2.29. The molecule has 0 radical (unpaired) electrons. The van der Waals surface area contributed by atoms with Gasteiger partial charge in [-0.15, -0.1) is 0 Å². The second-order valence-corrected chi connectivity index (χ2v) is 9.72. The van der Waals surface area contributed by atoms with Crippen LogP contribution in [0.1, 0.15) is 21.6 Å². The first kappa shape index (κ1) is 23.4. The quantitative estimate of drug-likeness (QED) is 0.340. The smallest absolute Gasteiger partial charge is 0.335 e. The minimum absolute atomic E-state index is 0.0679. The third-order valence-electron chi connectivity index (χ3n) is 6.18. The molecule has 9 heteroatoms. The van der Waals surface area contributed by atoms with Gasteiger partial charge < -0.3 is 14.6 Å². The van der Waals surface area contributed by atoms with Crippen LogP contribution >= 0.6 is 23.4 Å². The fraction of sp³-hybridized carbons (Fsp3) is 0.154. The molecular weight excluding hydrogens is 494 g/mol. The maximum Gasteiger partial charge on any atom is 0.335 e. The van der Waals surface area contributed by atoms with Gasteiger partial charge in [-0.05, 0) is 55.8 Å². The molecule has 178 valence electrons. The predicted molar refractivity (Wildman–Crippen MR) is 132 cm³/mol. The Labute approximate surface area is 208 Å². The van der Waals surface area contributed by atoms with Crippen LogP contribution < -0.4 is 4.90 Å². The molecule has 4 aromatic rings. The highest BCUT2D eigenvalue weighted by molar-refractivity contribution is 7.99. The lowest BCUT2D eigenvalue weighted by Gasteiger charge is -2.19. The zero-order chi connectivity index (χ0) is 24.9. The summed E-state index contributed by atoms with van der Waals surface area (Å²) in [7, 11) is 0. The van der Waals surface area contributed by atoms with E-state index in [1.165, 1.54) is 34.9 Å². The Balaban J connectivity index is 1.56. The molecule has 0 saturated carbocycles. The van der Waals surface area contributed by atoms with Crippen molar-refractivity contribution in [1.29, 1.82) is 0 Å². The van der Waals surface area contributed by atoms with Crippen LogP contribution in [0.15, 0.2) is 64.4 Å². The summed E-state index contributed by atoms with van der Waals surface area (Å²) in [5.74, 6) is -2.32. The minimum atomic E-state index is -1.04. The molecule has 0 aliphatic carbocycles. The second-order valence-electron chi connectivity index (χ2n) is 8.23. The maximum absolute atomic E-state index is 15.3. The Morgan fingerprint density at radius 2 is 1.89 bits per heavy atom. The molecule has 3 aromatic carbocycles. The monoisotopic (exact) mass is 512 g/mol. The Kier molecular flexibility index (Phi) is 6.02. The van der Waals surface area contributed by atoms with Gasteiger partial charge in [0.15, 0.2) is 5.82 Å². The molecule has 0 saturated heterocycles. The van der Waals surface area contributed by atoms with E-state index in [1.807, 2.05) is 0 Å². The summed E-state index contributed by atoms with van der Waals surface area (Å²) in [5, 5.41) is 9.82. The fourth-order valence-electron chi connectivity index (χ4n) is 4.48. The van der Waals surface area contributed by atoms with Gasteiger partial charge in [-0.3, -0.25) is 4.79 Å². The molecule has 0 bridgehead atoms. The number of nitrogens with zero attached hydrogens (tertiary/aromatic N) is 2. The van der Waals surface area contributed by atoms with Gasteiger partial charge in [-0.25, -0.2) is 13.6 Å². The van der Waals surface area contributed by atoms with E-state index >= 15 is 4.39 Å². The molecule has 0 atom stereocenters. The van der Waals surface area contributed by atoms with Crippen LogP contribution in [0.2, 0.25) is 5.02 Å². The summed E-state index contributed by atoms with van der Waals surface area (Å²) in [6, 6.07) is 14.3. The Morgan fingerprint density at radius 3 is 2.66 bits per heavy atom. The summed E-state index contributed by atoms with van der Waals surface area (Å²) in [6.07, 6.45) is 0.417. The molecule has 1 N–H and O–H groups in total. The van der Waals surface area contributed by atoms with E-state index in [0.717, 1.165) is 0 Å². The van der Waals surface area contributed by atoms with E-state index in [1.54, 1.807) is 47.9 Å². The van der Waals surface area contributed by atoms with Crippen molar-refractivity contribution in [1.82, 2.24) is 4.57 Å². The third kappa shape index (κ3) is 4.06. The first-order valence-electron chi connectivity index (χ1n) is 10.8. The minimum Gasteiger partial charge on any atom is -0.478 e. The molecule has 0 spiro atoms. The van der Waals surface area contributed by atoms with Crippen molar-refractivity contribution in [3.05, 3.63) is 88.1 Å². The van der Waals surface area contributed by atoms with Gasteiger partial charge >= 0.3 is 5.97 Å². The number of amides is 1. The van der Waals surface area contributed by atoms with Gasteiger partial charge in [0.25, 0.3) is 0 Å². The van der Waals surface area contributed by atoms with Crippen molar-refractivity contribution >= 4 is 51.8 Å². The Bertz CT molecular complexity index is 1520. The Morgan fingerprint density at radius 1 is 1.11 bits per heavy atom. The van der Waals surface area contributed by atoms with Gasteiger partial charge in [-0.1, -0.05) is 35.5 Å². The largest absolute Gasteiger partial charge is 0.478 e. The highest BCUT2D eigenvalue weighted by Crippen LogP contribution is 2.41. The maximum atomic E-state index is 15.3. The molecule has 5 nitrogen and oxygen atoms in total. The number of carboxylic acids is 1. The SMILES string of the molecule is Cc1c(Sc2cccc(C(=O)O)c2)c2ccc(Cl)c(F)c2n1CC(=O)N1CCc2c(F)cccc21. The summed E-state index contributed by atoms with van der Waals surface area (Å²) in [4.78, 5) is 27.6. The molecule has 1 amide bonds. The van der Waals surface area contributed by atoms with Crippen LogP contribution in [0.3, 0.4) is 0 Å². The van der Waals surface area contributed by atoms with Gasteiger partial charge in [0.2, 0.25) is 5.91 Å². The first-order chi connectivity index (χ1) is 16.8. The molecule has 0 unspecified atom stereocenters. The van der Waals surface area contributed by atoms with Gasteiger partial charge in [-0.2, -0.15) is 0 Å². The number of hydrogen-bond donors (Lipinski definition) is 1. The molecular formula is C26H19ClF2N2O3S. The number of carboxylic acid groups (broad SMARTS) is 1. The lowest BCUT2D eigenvalue weighted by Crippen LogP contribution is -2.32. The Hall–Kier alpha value is -3.36. The van der Waals surface area contributed by atoms with Crippen molar-refractivity contribution < 1.29 is 23.5 Å². The van der Waals surface area contributed by atoms with Crippen molar-refractivity contribution in [3.63, 3.8) is 0 Å². The van der Waals surface area contributed by atoms with Crippen LogP contribution in [0.5, 0.6) is 0 Å². The van der Waals surface area contributed by atoms with Gasteiger partial charge in [0.05, 0.1) is 16.1 Å². The number of carbonyl (C=O) groups is 2. The number of fused-ring (bicyclic) bond motifs is 2. The number of rotatable bonds is 5. The molecule has 1 aromatic heterocycles.